The van der Waals surface area contributed by atoms with E-state index in [2.05, 4.69) is 17.1 Å². The lowest BCUT2D eigenvalue weighted by Gasteiger charge is -2.37. The predicted molar refractivity (Wildman–Crippen MR) is 77.6 cm³/mol. The number of likely N-dealkylation sites (N-methyl/N-ethyl adjacent to an activating group) is 1. The van der Waals surface area contributed by atoms with Crippen molar-refractivity contribution in [1.29, 1.82) is 0 Å². The Morgan fingerprint density at radius 1 is 1.30 bits per heavy atom. The standard InChI is InChI=1S/C15H28N2O3/c1-4-17(9-10-19-2)11-15(12-5-6-12,14(18)20-3)16-13-7-8-13/h12-13,16H,4-11H2,1-3H3. The van der Waals surface area contributed by atoms with E-state index in [-0.39, 0.29) is 5.97 Å². The zero-order chi connectivity index (χ0) is 14.6. The predicted octanol–water partition coefficient (Wildman–Crippen LogP) is 1.03. The highest BCUT2D eigenvalue weighted by atomic mass is 16.5. The van der Waals surface area contributed by atoms with Crippen LogP contribution in [0.2, 0.25) is 0 Å². The Kier molecular flexibility index (Phi) is 5.41. The summed E-state index contributed by atoms with van der Waals surface area (Å²) < 4.78 is 10.3. The number of carbonyl (C=O) groups excluding carboxylic acids is 1. The van der Waals surface area contributed by atoms with Gasteiger partial charge in [0.15, 0.2) is 0 Å². The number of rotatable bonds is 10. The summed E-state index contributed by atoms with van der Waals surface area (Å²) in [6.45, 7) is 5.31. The van der Waals surface area contributed by atoms with E-state index in [0.717, 1.165) is 32.5 Å². The smallest absolute Gasteiger partial charge is 0.327 e. The van der Waals surface area contributed by atoms with Gasteiger partial charge in [0.05, 0.1) is 13.7 Å². The van der Waals surface area contributed by atoms with Crippen molar-refractivity contribution in [2.75, 3.05) is 40.5 Å². The van der Waals surface area contributed by atoms with Crippen molar-refractivity contribution in [2.24, 2.45) is 5.92 Å². The molecule has 1 atom stereocenters. The van der Waals surface area contributed by atoms with Gasteiger partial charge in [-0.05, 0) is 38.1 Å². The largest absolute Gasteiger partial charge is 0.468 e. The van der Waals surface area contributed by atoms with Crippen LogP contribution in [0.15, 0.2) is 0 Å². The van der Waals surface area contributed by atoms with E-state index in [4.69, 9.17) is 9.47 Å². The fourth-order valence-corrected chi connectivity index (χ4v) is 2.85. The van der Waals surface area contributed by atoms with Gasteiger partial charge in [-0.15, -0.1) is 0 Å². The highest BCUT2D eigenvalue weighted by Gasteiger charge is 2.54. The van der Waals surface area contributed by atoms with Gasteiger partial charge in [0, 0.05) is 26.2 Å². The number of ether oxygens (including phenoxy) is 2. The minimum Gasteiger partial charge on any atom is -0.468 e. The molecule has 1 unspecified atom stereocenters. The molecule has 0 spiro atoms. The van der Waals surface area contributed by atoms with Gasteiger partial charge in [0.25, 0.3) is 0 Å². The van der Waals surface area contributed by atoms with E-state index in [0.29, 0.717) is 18.6 Å². The molecule has 0 amide bonds. The molecule has 5 heteroatoms. The van der Waals surface area contributed by atoms with Crippen LogP contribution < -0.4 is 5.32 Å². The molecule has 2 aliphatic rings. The number of hydrogen-bond donors (Lipinski definition) is 1. The summed E-state index contributed by atoms with van der Waals surface area (Å²) in [7, 11) is 3.21. The molecule has 2 saturated carbocycles. The molecule has 0 aromatic rings. The molecular weight excluding hydrogens is 256 g/mol. The van der Waals surface area contributed by atoms with Crippen LogP contribution in [0.4, 0.5) is 0 Å². The Hall–Kier alpha value is -0.650. The van der Waals surface area contributed by atoms with Gasteiger partial charge in [-0.25, -0.2) is 4.79 Å². The first-order valence-corrected chi connectivity index (χ1v) is 7.73. The first-order chi connectivity index (χ1) is 9.66. The Balaban J connectivity index is 2.08. The van der Waals surface area contributed by atoms with Gasteiger partial charge in [-0.3, -0.25) is 10.2 Å². The Labute approximate surface area is 122 Å². The van der Waals surface area contributed by atoms with E-state index < -0.39 is 5.54 Å². The lowest BCUT2D eigenvalue weighted by molar-refractivity contribution is -0.151. The molecule has 0 aliphatic heterocycles. The summed E-state index contributed by atoms with van der Waals surface area (Å²) in [6, 6.07) is 0.496. The lowest BCUT2D eigenvalue weighted by Crippen LogP contribution is -2.62. The number of methoxy groups -OCH3 is 2. The molecule has 2 aliphatic carbocycles. The van der Waals surface area contributed by atoms with Crippen LogP contribution in [-0.2, 0) is 14.3 Å². The highest BCUT2D eigenvalue weighted by molar-refractivity contribution is 5.82. The van der Waals surface area contributed by atoms with Crippen LogP contribution in [0.1, 0.15) is 32.6 Å². The van der Waals surface area contributed by atoms with Crippen molar-refractivity contribution in [3.63, 3.8) is 0 Å². The maximum atomic E-state index is 12.5. The van der Waals surface area contributed by atoms with Gasteiger partial charge in [-0.2, -0.15) is 0 Å². The van der Waals surface area contributed by atoms with Crippen LogP contribution in [0.5, 0.6) is 0 Å². The third-order valence-corrected chi connectivity index (χ3v) is 4.39. The topological polar surface area (TPSA) is 50.8 Å². The first kappa shape index (κ1) is 15.7. The molecule has 2 rings (SSSR count). The molecule has 0 saturated heterocycles. The van der Waals surface area contributed by atoms with Crippen LogP contribution in [0.25, 0.3) is 0 Å². The SMILES string of the molecule is CCN(CCOC)CC(NC1CC1)(C(=O)OC)C1CC1. The molecule has 1 N–H and O–H groups in total. The number of nitrogens with zero attached hydrogens (tertiary/aromatic N) is 1. The van der Waals surface area contributed by atoms with Crippen molar-refractivity contribution >= 4 is 5.97 Å². The summed E-state index contributed by atoms with van der Waals surface area (Å²) in [5, 5.41) is 3.60. The minimum absolute atomic E-state index is 0.0947. The van der Waals surface area contributed by atoms with Crippen molar-refractivity contribution in [3.05, 3.63) is 0 Å². The molecule has 2 fully saturated rings. The van der Waals surface area contributed by atoms with E-state index in [9.17, 15) is 4.79 Å². The average Bonchev–Trinajstić information content (AvgIpc) is 3.33. The fraction of sp³-hybridized carbons (Fsp3) is 0.933. The van der Waals surface area contributed by atoms with Crippen molar-refractivity contribution in [1.82, 2.24) is 10.2 Å². The van der Waals surface area contributed by atoms with E-state index in [1.54, 1.807) is 7.11 Å². The maximum absolute atomic E-state index is 12.5. The number of esters is 1. The molecule has 0 aromatic carbocycles. The van der Waals surface area contributed by atoms with Crippen molar-refractivity contribution < 1.29 is 14.3 Å². The van der Waals surface area contributed by atoms with Gasteiger partial charge in [-0.1, -0.05) is 6.92 Å². The third kappa shape index (κ3) is 3.71. The summed E-state index contributed by atoms with van der Waals surface area (Å²) in [5.74, 6) is 0.329. The van der Waals surface area contributed by atoms with E-state index in [1.165, 1.54) is 20.0 Å². The van der Waals surface area contributed by atoms with Gasteiger partial charge in [0.2, 0.25) is 0 Å². The second-order valence-corrected chi connectivity index (χ2v) is 6.02. The lowest BCUT2D eigenvalue weighted by atomic mass is 9.91. The molecule has 0 heterocycles. The molecule has 20 heavy (non-hydrogen) atoms. The summed E-state index contributed by atoms with van der Waals surface area (Å²) in [5.41, 5.74) is -0.514. The van der Waals surface area contributed by atoms with Gasteiger partial charge >= 0.3 is 5.97 Å². The van der Waals surface area contributed by atoms with E-state index >= 15 is 0 Å². The molecular formula is C15H28N2O3. The maximum Gasteiger partial charge on any atom is 0.327 e. The second-order valence-electron chi connectivity index (χ2n) is 6.02. The molecule has 116 valence electrons. The normalized spacial score (nSPS) is 21.8. The summed E-state index contributed by atoms with van der Waals surface area (Å²) in [6.07, 6.45) is 4.60. The Morgan fingerprint density at radius 2 is 2.00 bits per heavy atom. The zero-order valence-corrected chi connectivity index (χ0v) is 13.0. The fourth-order valence-electron chi connectivity index (χ4n) is 2.85. The van der Waals surface area contributed by atoms with Crippen LogP contribution in [0.3, 0.4) is 0 Å². The van der Waals surface area contributed by atoms with Crippen molar-refractivity contribution in [2.45, 2.75) is 44.2 Å². The molecule has 0 radical (unpaired) electrons. The molecule has 0 bridgehead atoms. The minimum atomic E-state index is -0.514. The van der Waals surface area contributed by atoms with Crippen LogP contribution in [-0.4, -0.2) is 62.9 Å². The Bertz CT molecular complexity index is 329. The number of nitrogens with one attached hydrogen (secondary N) is 1. The first-order valence-electron chi connectivity index (χ1n) is 7.73. The van der Waals surface area contributed by atoms with Gasteiger partial charge in [0.1, 0.15) is 5.54 Å². The van der Waals surface area contributed by atoms with Gasteiger partial charge < -0.3 is 9.47 Å². The highest BCUT2D eigenvalue weighted by Crippen LogP contribution is 2.42. The molecule has 5 nitrogen and oxygen atoms in total. The molecule has 0 aromatic heterocycles. The third-order valence-electron chi connectivity index (χ3n) is 4.39. The summed E-state index contributed by atoms with van der Waals surface area (Å²) in [4.78, 5) is 14.7. The monoisotopic (exact) mass is 284 g/mol. The zero-order valence-electron chi connectivity index (χ0n) is 13.0. The van der Waals surface area contributed by atoms with Crippen LogP contribution in [0, 0.1) is 5.92 Å². The number of hydrogen-bond acceptors (Lipinski definition) is 5. The summed E-state index contributed by atoms with van der Waals surface area (Å²) >= 11 is 0. The quantitative estimate of drug-likeness (QED) is 0.607. The number of carbonyl (C=O) groups is 1. The second kappa shape index (κ2) is 6.87. The Morgan fingerprint density at radius 3 is 2.45 bits per heavy atom. The van der Waals surface area contributed by atoms with Crippen molar-refractivity contribution in [3.8, 4) is 0 Å². The average molecular weight is 284 g/mol. The van der Waals surface area contributed by atoms with Crippen LogP contribution >= 0.6 is 0 Å². The van der Waals surface area contributed by atoms with E-state index in [1.807, 2.05) is 0 Å².